The number of carbonyl (C=O) groups is 2. The standard InChI is InChI=1S/C31H36Cl2N2O5/c1-2-39-29(30(36)37)21-24-10-12-28(13-11-24)40-18-17-35(16-6-9-25-19-26(32)22-27(33)20-25)31(38)34-15-14-23-7-4-3-5-8-23/h3-5,7-8,10-13,19-20,22,29H,2,6,9,14-18,21H2,1H3,(H,34,38)(H,36,37). The molecule has 0 spiro atoms. The first-order valence-electron chi connectivity index (χ1n) is 13.4. The van der Waals surface area contributed by atoms with E-state index in [4.69, 9.17) is 32.7 Å². The van der Waals surface area contributed by atoms with Gasteiger partial charge in [-0.3, -0.25) is 0 Å². The monoisotopic (exact) mass is 586 g/mol. The molecular weight excluding hydrogens is 551 g/mol. The number of hydrogen-bond donors (Lipinski definition) is 2. The summed E-state index contributed by atoms with van der Waals surface area (Å²) in [6, 6.07) is 22.6. The molecule has 1 atom stereocenters. The predicted molar refractivity (Wildman–Crippen MR) is 159 cm³/mol. The van der Waals surface area contributed by atoms with Gasteiger partial charge in [0.15, 0.2) is 6.10 Å². The van der Waals surface area contributed by atoms with Crippen molar-refractivity contribution in [2.24, 2.45) is 0 Å². The second-order valence-electron chi connectivity index (χ2n) is 9.31. The molecule has 0 bridgehead atoms. The number of amides is 2. The summed E-state index contributed by atoms with van der Waals surface area (Å²) in [5.41, 5.74) is 3.02. The Morgan fingerprint density at radius 1 is 0.900 bits per heavy atom. The van der Waals surface area contributed by atoms with Gasteiger partial charge in [0.1, 0.15) is 12.4 Å². The lowest BCUT2D eigenvalue weighted by Crippen LogP contribution is -2.43. The van der Waals surface area contributed by atoms with Gasteiger partial charge >= 0.3 is 12.0 Å². The summed E-state index contributed by atoms with van der Waals surface area (Å²) in [6.07, 6.45) is 1.61. The Balaban J connectivity index is 1.53. The molecule has 2 N–H and O–H groups in total. The van der Waals surface area contributed by atoms with E-state index in [2.05, 4.69) is 5.32 Å². The fourth-order valence-corrected chi connectivity index (χ4v) is 4.81. The molecule has 0 radical (unpaired) electrons. The van der Waals surface area contributed by atoms with Crippen LogP contribution in [0.15, 0.2) is 72.8 Å². The summed E-state index contributed by atoms with van der Waals surface area (Å²) in [4.78, 5) is 26.1. The fraction of sp³-hybridized carbons (Fsp3) is 0.355. The molecule has 0 fully saturated rings. The predicted octanol–water partition coefficient (Wildman–Crippen LogP) is 6.29. The fourth-order valence-electron chi connectivity index (χ4n) is 4.24. The summed E-state index contributed by atoms with van der Waals surface area (Å²) < 4.78 is 11.2. The highest BCUT2D eigenvalue weighted by Gasteiger charge is 2.18. The van der Waals surface area contributed by atoms with Crippen LogP contribution < -0.4 is 10.1 Å². The molecule has 214 valence electrons. The lowest BCUT2D eigenvalue weighted by molar-refractivity contribution is -0.149. The van der Waals surface area contributed by atoms with Crippen molar-refractivity contribution < 1.29 is 24.2 Å². The molecular formula is C31H36Cl2N2O5. The average molecular weight is 588 g/mol. The molecule has 3 rings (SSSR count). The molecule has 0 aliphatic rings. The van der Waals surface area contributed by atoms with E-state index < -0.39 is 12.1 Å². The summed E-state index contributed by atoms with van der Waals surface area (Å²) in [7, 11) is 0. The Morgan fingerprint density at radius 3 is 2.25 bits per heavy atom. The Hall–Kier alpha value is -3.26. The zero-order valence-corrected chi connectivity index (χ0v) is 24.2. The number of benzene rings is 3. The number of aliphatic carboxylic acids is 1. The van der Waals surface area contributed by atoms with Crippen molar-refractivity contribution in [2.45, 2.75) is 38.7 Å². The van der Waals surface area contributed by atoms with Gasteiger partial charge in [-0.15, -0.1) is 0 Å². The van der Waals surface area contributed by atoms with Crippen LogP contribution in [-0.4, -0.2) is 61.0 Å². The van der Waals surface area contributed by atoms with E-state index in [1.165, 1.54) is 0 Å². The molecule has 3 aromatic rings. The highest BCUT2D eigenvalue weighted by Crippen LogP contribution is 2.20. The van der Waals surface area contributed by atoms with Crippen LogP contribution >= 0.6 is 23.2 Å². The van der Waals surface area contributed by atoms with E-state index in [9.17, 15) is 14.7 Å². The van der Waals surface area contributed by atoms with E-state index in [1.54, 1.807) is 30.0 Å². The van der Waals surface area contributed by atoms with Gasteiger partial charge in [-0.25, -0.2) is 9.59 Å². The van der Waals surface area contributed by atoms with Crippen LogP contribution in [0.1, 0.15) is 30.0 Å². The number of carboxylic acids is 1. The molecule has 0 saturated heterocycles. The number of carboxylic acid groups (broad SMARTS) is 1. The number of urea groups is 1. The molecule has 0 aromatic heterocycles. The van der Waals surface area contributed by atoms with Gasteiger partial charge in [0.2, 0.25) is 0 Å². The van der Waals surface area contributed by atoms with Crippen molar-refractivity contribution in [3.05, 3.63) is 99.5 Å². The van der Waals surface area contributed by atoms with Gasteiger partial charge in [0.25, 0.3) is 0 Å². The van der Waals surface area contributed by atoms with Crippen molar-refractivity contribution in [1.82, 2.24) is 10.2 Å². The van der Waals surface area contributed by atoms with Crippen molar-refractivity contribution in [3.8, 4) is 5.75 Å². The van der Waals surface area contributed by atoms with Crippen LogP contribution in [-0.2, 0) is 28.8 Å². The Bertz CT molecular complexity index is 1190. The number of carbonyl (C=O) groups excluding carboxylic acids is 1. The molecule has 0 aliphatic carbocycles. The van der Waals surface area contributed by atoms with Crippen LogP contribution in [0.5, 0.6) is 5.75 Å². The van der Waals surface area contributed by atoms with E-state index in [0.29, 0.717) is 48.6 Å². The van der Waals surface area contributed by atoms with Gasteiger partial charge < -0.3 is 24.8 Å². The van der Waals surface area contributed by atoms with Crippen molar-refractivity contribution >= 4 is 35.2 Å². The Kier molecular flexibility index (Phi) is 13.1. The molecule has 3 aromatic carbocycles. The van der Waals surface area contributed by atoms with Crippen LogP contribution in [0.3, 0.4) is 0 Å². The SMILES string of the molecule is CCOC(Cc1ccc(OCCN(CCCc2cc(Cl)cc(Cl)c2)C(=O)NCCc2ccccc2)cc1)C(=O)O. The summed E-state index contributed by atoms with van der Waals surface area (Å²) in [5.74, 6) is -0.340. The Labute approximate surface area is 246 Å². The minimum atomic E-state index is -0.984. The first-order chi connectivity index (χ1) is 19.3. The van der Waals surface area contributed by atoms with Gasteiger partial charge in [-0.2, -0.15) is 0 Å². The van der Waals surface area contributed by atoms with Crippen LogP contribution in [0.4, 0.5) is 4.79 Å². The van der Waals surface area contributed by atoms with Gasteiger partial charge in [-0.05, 0) is 73.2 Å². The number of nitrogens with one attached hydrogen (secondary N) is 1. The maximum atomic E-state index is 13.0. The van der Waals surface area contributed by atoms with Crippen LogP contribution in [0, 0.1) is 0 Å². The Morgan fingerprint density at radius 2 is 1.60 bits per heavy atom. The van der Waals surface area contributed by atoms with Crippen molar-refractivity contribution in [3.63, 3.8) is 0 Å². The summed E-state index contributed by atoms with van der Waals surface area (Å²) in [5, 5.41) is 13.5. The summed E-state index contributed by atoms with van der Waals surface area (Å²) in [6.45, 7) is 3.89. The minimum absolute atomic E-state index is 0.144. The molecule has 40 heavy (non-hydrogen) atoms. The summed E-state index contributed by atoms with van der Waals surface area (Å²) >= 11 is 12.3. The number of hydrogen-bond acceptors (Lipinski definition) is 4. The lowest BCUT2D eigenvalue weighted by Gasteiger charge is -2.23. The van der Waals surface area contributed by atoms with Crippen molar-refractivity contribution in [1.29, 1.82) is 0 Å². The molecule has 0 aliphatic heterocycles. The lowest BCUT2D eigenvalue weighted by atomic mass is 10.1. The van der Waals surface area contributed by atoms with E-state index in [1.807, 2.05) is 54.6 Å². The number of halogens is 2. The minimum Gasteiger partial charge on any atom is -0.492 e. The maximum Gasteiger partial charge on any atom is 0.333 e. The second-order valence-corrected chi connectivity index (χ2v) is 10.2. The van der Waals surface area contributed by atoms with E-state index >= 15 is 0 Å². The third-order valence-electron chi connectivity index (χ3n) is 6.25. The molecule has 2 amide bonds. The largest absolute Gasteiger partial charge is 0.492 e. The molecule has 1 unspecified atom stereocenters. The van der Waals surface area contributed by atoms with Crippen LogP contribution in [0.2, 0.25) is 10.0 Å². The smallest absolute Gasteiger partial charge is 0.333 e. The highest BCUT2D eigenvalue weighted by molar-refractivity contribution is 6.34. The van der Waals surface area contributed by atoms with Gasteiger partial charge in [-0.1, -0.05) is 65.7 Å². The normalized spacial score (nSPS) is 11.6. The van der Waals surface area contributed by atoms with Gasteiger partial charge in [0.05, 0.1) is 6.54 Å². The third kappa shape index (κ3) is 11.1. The van der Waals surface area contributed by atoms with Crippen molar-refractivity contribution in [2.75, 3.05) is 32.8 Å². The average Bonchev–Trinajstić information content (AvgIpc) is 2.93. The van der Waals surface area contributed by atoms with E-state index in [0.717, 1.165) is 36.0 Å². The topological polar surface area (TPSA) is 88.1 Å². The quantitative estimate of drug-likeness (QED) is 0.206. The zero-order chi connectivity index (χ0) is 28.7. The number of rotatable bonds is 16. The molecule has 9 heteroatoms. The molecule has 7 nitrogen and oxygen atoms in total. The highest BCUT2D eigenvalue weighted by atomic mass is 35.5. The second kappa shape index (κ2) is 16.8. The maximum absolute atomic E-state index is 13.0. The molecule has 0 heterocycles. The third-order valence-corrected chi connectivity index (χ3v) is 6.69. The van der Waals surface area contributed by atoms with Crippen LogP contribution in [0.25, 0.3) is 0 Å². The first kappa shape index (κ1) is 31.3. The first-order valence-corrected chi connectivity index (χ1v) is 14.2. The molecule has 0 saturated carbocycles. The van der Waals surface area contributed by atoms with E-state index in [-0.39, 0.29) is 12.5 Å². The number of ether oxygens (including phenoxy) is 2. The number of nitrogens with zero attached hydrogens (tertiary/aromatic N) is 1. The zero-order valence-electron chi connectivity index (χ0n) is 22.7. The van der Waals surface area contributed by atoms with Gasteiger partial charge in [0, 0.05) is 36.2 Å². The number of aryl methyl sites for hydroxylation is 1.